The molecule has 0 saturated heterocycles. The van der Waals surface area contributed by atoms with Gasteiger partial charge in [0.15, 0.2) is 0 Å². The summed E-state index contributed by atoms with van der Waals surface area (Å²) in [4.78, 5) is 0. The molecule has 0 aliphatic carbocycles. The zero-order valence-electron chi connectivity index (χ0n) is 29.2. The third-order valence-corrected chi connectivity index (χ3v) is 12.6. The standard InChI is InChI=1S/C37H54NO5PS2/c1-29(2)38(30(3)4)44(43-27-14-28-45-46-36(5,6)7)42-26-13-25-41-37(31-15-11-10-12-16-31,32-17-21-34(39-8)22-18-32)33-19-23-35(40-9)24-20-33/h10-12,15-24,29-30H,13-14,25-28H2,1-9H3. The first-order valence-corrected chi connectivity index (χ1v) is 19.6. The minimum Gasteiger partial charge on any atom is -0.497 e. The lowest BCUT2D eigenvalue weighted by atomic mass is 9.80. The van der Waals surface area contributed by atoms with Gasteiger partial charge in [0.1, 0.15) is 17.1 Å². The minimum absolute atomic E-state index is 0.258. The highest BCUT2D eigenvalue weighted by Gasteiger charge is 2.38. The molecule has 0 bridgehead atoms. The van der Waals surface area contributed by atoms with E-state index in [9.17, 15) is 0 Å². The number of ether oxygens (including phenoxy) is 3. The second kappa shape index (κ2) is 19.3. The summed E-state index contributed by atoms with van der Waals surface area (Å²) in [6, 6.07) is 27.3. The maximum atomic E-state index is 7.01. The van der Waals surface area contributed by atoms with Crippen molar-refractivity contribution in [3.63, 3.8) is 0 Å². The molecule has 0 fully saturated rings. The molecule has 0 spiro atoms. The molecule has 0 amide bonds. The smallest absolute Gasteiger partial charge is 0.259 e. The molecule has 3 rings (SSSR count). The van der Waals surface area contributed by atoms with Gasteiger partial charge in [0, 0.05) is 22.6 Å². The second-order valence-electron chi connectivity index (χ2n) is 12.5. The highest BCUT2D eigenvalue weighted by Crippen LogP contribution is 2.47. The Hall–Kier alpha value is -1.77. The van der Waals surface area contributed by atoms with Gasteiger partial charge in [-0.25, -0.2) is 4.67 Å². The fraction of sp³-hybridized carbons (Fsp3) is 0.514. The topological polar surface area (TPSA) is 49.4 Å². The van der Waals surface area contributed by atoms with Crippen molar-refractivity contribution in [1.29, 1.82) is 0 Å². The summed E-state index contributed by atoms with van der Waals surface area (Å²) in [6.45, 7) is 17.3. The summed E-state index contributed by atoms with van der Waals surface area (Å²) >= 11 is 0. The van der Waals surface area contributed by atoms with Gasteiger partial charge in [-0.1, -0.05) is 97.0 Å². The van der Waals surface area contributed by atoms with Gasteiger partial charge in [0.25, 0.3) is 8.53 Å². The van der Waals surface area contributed by atoms with Crippen molar-refractivity contribution in [2.24, 2.45) is 0 Å². The van der Waals surface area contributed by atoms with Crippen LogP contribution >= 0.6 is 30.1 Å². The summed E-state index contributed by atoms with van der Waals surface area (Å²) in [5.74, 6) is 2.66. The number of hydrogen-bond acceptors (Lipinski definition) is 8. The molecule has 3 aromatic carbocycles. The van der Waals surface area contributed by atoms with Crippen LogP contribution in [0.5, 0.6) is 11.5 Å². The molecule has 3 aromatic rings. The molecule has 9 heteroatoms. The van der Waals surface area contributed by atoms with Crippen LogP contribution in [0, 0.1) is 0 Å². The van der Waals surface area contributed by atoms with Crippen LogP contribution in [0.15, 0.2) is 78.9 Å². The van der Waals surface area contributed by atoms with Gasteiger partial charge in [0.05, 0.1) is 34.0 Å². The van der Waals surface area contributed by atoms with Gasteiger partial charge < -0.3 is 23.3 Å². The highest BCUT2D eigenvalue weighted by atomic mass is 33.1. The Labute approximate surface area is 287 Å². The Bertz CT molecular complexity index is 1200. The number of nitrogens with zero attached hydrogens (tertiary/aromatic N) is 1. The normalized spacial score (nSPS) is 13.0. The van der Waals surface area contributed by atoms with Crippen molar-refractivity contribution in [1.82, 2.24) is 4.67 Å². The van der Waals surface area contributed by atoms with Crippen LogP contribution < -0.4 is 9.47 Å². The summed E-state index contributed by atoms with van der Waals surface area (Å²) in [5.41, 5.74) is 2.24. The van der Waals surface area contributed by atoms with Crippen LogP contribution in [-0.4, -0.2) is 61.3 Å². The van der Waals surface area contributed by atoms with E-state index in [4.69, 9.17) is 23.3 Å². The molecular formula is C37H54NO5PS2. The Morgan fingerprint density at radius 1 is 0.652 bits per heavy atom. The zero-order chi connectivity index (χ0) is 33.6. The molecule has 0 heterocycles. The van der Waals surface area contributed by atoms with Crippen molar-refractivity contribution in [2.45, 2.75) is 83.7 Å². The Kier molecular flexibility index (Phi) is 16.2. The lowest BCUT2D eigenvalue weighted by molar-refractivity contribution is 0.00630. The number of rotatable bonds is 20. The maximum absolute atomic E-state index is 7.01. The fourth-order valence-corrected chi connectivity index (χ4v) is 9.13. The van der Waals surface area contributed by atoms with E-state index in [0.717, 1.165) is 40.4 Å². The lowest BCUT2D eigenvalue weighted by Crippen LogP contribution is -2.34. The van der Waals surface area contributed by atoms with Gasteiger partial charge in [-0.3, -0.25) is 0 Å². The molecule has 0 radical (unpaired) electrons. The first kappa shape index (κ1) is 38.7. The molecule has 254 valence electrons. The average Bonchev–Trinajstić information content (AvgIpc) is 3.04. The molecule has 0 N–H and O–H groups in total. The molecule has 0 aromatic heterocycles. The lowest BCUT2D eigenvalue weighted by Gasteiger charge is -2.37. The number of benzene rings is 3. The minimum atomic E-state index is -1.20. The van der Waals surface area contributed by atoms with E-state index in [2.05, 4.69) is 102 Å². The molecular weight excluding hydrogens is 634 g/mol. The van der Waals surface area contributed by atoms with Gasteiger partial charge >= 0.3 is 0 Å². The molecule has 6 nitrogen and oxygen atoms in total. The van der Waals surface area contributed by atoms with E-state index in [-0.39, 0.29) is 4.75 Å². The molecule has 0 aliphatic heterocycles. The summed E-state index contributed by atoms with van der Waals surface area (Å²) in [6.07, 6.45) is 1.71. The van der Waals surface area contributed by atoms with Crippen molar-refractivity contribution >= 4 is 30.1 Å². The van der Waals surface area contributed by atoms with Crippen molar-refractivity contribution in [3.05, 3.63) is 95.6 Å². The second-order valence-corrected chi connectivity index (χ2v) is 17.2. The quantitative estimate of drug-likeness (QED) is 0.0504. The van der Waals surface area contributed by atoms with E-state index in [1.165, 1.54) is 0 Å². The van der Waals surface area contributed by atoms with Crippen LogP contribution in [0.4, 0.5) is 0 Å². The SMILES string of the molecule is COc1ccc(C(OCCCOP(OCCCSSC(C)(C)C)N(C(C)C)C(C)C)(c2ccccc2)c2ccc(OC)cc2)cc1. The predicted molar refractivity (Wildman–Crippen MR) is 198 cm³/mol. The van der Waals surface area contributed by atoms with E-state index in [1.54, 1.807) is 14.2 Å². The van der Waals surface area contributed by atoms with Crippen LogP contribution in [0.3, 0.4) is 0 Å². The monoisotopic (exact) mass is 687 g/mol. The first-order chi connectivity index (χ1) is 22.0. The van der Waals surface area contributed by atoms with E-state index < -0.39 is 14.1 Å². The predicted octanol–water partition coefficient (Wildman–Crippen LogP) is 10.4. The molecule has 46 heavy (non-hydrogen) atoms. The Morgan fingerprint density at radius 2 is 1.13 bits per heavy atom. The Morgan fingerprint density at radius 3 is 1.59 bits per heavy atom. The van der Waals surface area contributed by atoms with Crippen molar-refractivity contribution in [3.8, 4) is 11.5 Å². The Balaban J connectivity index is 1.77. The summed E-state index contributed by atoms with van der Waals surface area (Å²) < 4.78 is 33.6. The van der Waals surface area contributed by atoms with Gasteiger partial charge in [-0.05, 0) is 81.5 Å². The first-order valence-electron chi connectivity index (χ1n) is 16.1. The number of hydrogen-bond donors (Lipinski definition) is 0. The zero-order valence-corrected chi connectivity index (χ0v) is 31.7. The average molecular weight is 688 g/mol. The van der Waals surface area contributed by atoms with Crippen molar-refractivity contribution < 1.29 is 23.3 Å². The molecule has 1 atom stereocenters. The molecule has 0 saturated carbocycles. The van der Waals surface area contributed by atoms with Gasteiger partial charge in [-0.2, -0.15) is 0 Å². The van der Waals surface area contributed by atoms with Gasteiger partial charge in [-0.15, -0.1) is 0 Å². The summed E-state index contributed by atoms with van der Waals surface area (Å²) in [7, 11) is 6.01. The van der Waals surface area contributed by atoms with Crippen molar-refractivity contribution in [2.75, 3.05) is 39.8 Å². The van der Waals surface area contributed by atoms with Crippen LogP contribution in [0.25, 0.3) is 0 Å². The van der Waals surface area contributed by atoms with E-state index in [1.807, 2.05) is 51.9 Å². The van der Waals surface area contributed by atoms with Gasteiger partial charge in [0.2, 0.25) is 0 Å². The highest BCUT2D eigenvalue weighted by molar-refractivity contribution is 8.77. The molecule has 1 unspecified atom stereocenters. The molecule has 0 aliphatic rings. The number of methoxy groups -OCH3 is 2. The van der Waals surface area contributed by atoms with Crippen LogP contribution in [0.2, 0.25) is 0 Å². The van der Waals surface area contributed by atoms with Crippen LogP contribution in [0.1, 0.15) is 78.0 Å². The third-order valence-electron chi connectivity index (χ3n) is 7.11. The fourth-order valence-electron chi connectivity index (χ4n) is 5.12. The largest absolute Gasteiger partial charge is 0.497 e. The third kappa shape index (κ3) is 11.4. The maximum Gasteiger partial charge on any atom is 0.259 e. The van der Waals surface area contributed by atoms with Crippen LogP contribution in [-0.2, 0) is 19.4 Å². The summed E-state index contributed by atoms with van der Waals surface area (Å²) in [5, 5.41) is 0. The van der Waals surface area contributed by atoms with E-state index in [0.29, 0.717) is 38.3 Å². The van der Waals surface area contributed by atoms with E-state index >= 15 is 0 Å².